The maximum atomic E-state index is 12.5. The van der Waals surface area contributed by atoms with Crippen LogP contribution in [0.4, 0.5) is 0 Å². The SMILES string of the molecule is Cc1cc(C)c(CC(=O)N=c2sc3cccc(Cl)c3n2C)c(C)c1. The number of amides is 1. The van der Waals surface area contributed by atoms with Crippen molar-refractivity contribution in [1.29, 1.82) is 0 Å². The number of carbonyl (C=O) groups excluding carboxylic acids is 1. The van der Waals surface area contributed by atoms with Crippen molar-refractivity contribution in [3.63, 3.8) is 0 Å². The van der Waals surface area contributed by atoms with E-state index in [0.29, 0.717) is 16.2 Å². The molecular weight excluding hydrogens is 340 g/mol. The Balaban J connectivity index is 2.00. The molecule has 0 saturated heterocycles. The van der Waals surface area contributed by atoms with Gasteiger partial charge in [-0.15, -0.1) is 0 Å². The number of fused-ring (bicyclic) bond motifs is 1. The zero-order valence-electron chi connectivity index (χ0n) is 14.2. The van der Waals surface area contributed by atoms with Crippen LogP contribution in [0.25, 0.3) is 10.2 Å². The number of nitrogens with zero attached hydrogens (tertiary/aromatic N) is 2. The lowest BCUT2D eigenvalue weighted by Crippen LogP contribution is -2.15. The largest absolute Gasteiger partial charge is 0.318 e. The zero-order valence-corrected chi connectivity index (χ0v) is 15.8. The van der Waals surface area contributed by atoms with E-state index >= 15 is 0 Å². The molecule has 5 heteroatoms. The quantitative estimate of drug-likeness (QED) is 0.664. The average molecular weight is 359 g/mol. The van der Waals surface area contributed by atoms with Gasteiger partial charge in [-0.1, -0.05) is 46.7 Å². The molecule has 0 unspecified atom stereocenters. The fourth-order valence-electron chi connectivity index (χ4n) is 3.05. The Kier molecular flexibility index (Phi) is 4.61. The van der Waals surface area contributed by atoms with E-state index in [2.05, 4.69) is 24.0 Å². The molecule has 0 radical (unpaired) electrons. The van der Waals surface area contributed by atoms with Crippen LogP contribution in [-0.2, 0) is 18.3 Å². The van der Waals surface area contributed by atoms with Crippen LogP contribution < -0.4 is 4.80 Å². The van der Waals surface area contributed by atoms with E-state index in [0.717, 1.165) is 26.9 Å². The Labute approximate surface area is 150 Å². The summed E-state index contributed by atoms with van der Waals surface area (Å²) in [5, 5.41) is 0.672. The van der Waals surface area contributed by atoms with Crippen LogP contribution in [0.1, 0.15) is 22.3 Å². The van der Waals surface area contributed by atoms with E-state index in [4.69, 9.17) is 11.6 Å². The highest BCUT2D eigenvalue weighted by molar-refractivity contribution is 7.16. The van der Waals surface area contributed by atoms with Crippen LogP contribution in [0, 0.1) is 20.8 Å². The molecule has 0 aliphatic rings. The highest BCUT2D eigenvalue weighted by Crippen LogP contribution is 2.24. The lowest BCUT2D eigenvalue weighted by Gasteiger charge is -2.09. The number of carbonyl (C=O) groups is 1. The predicted molar refractivity (Wildman–Crippen MR) is 101 cm³/mol. The van der Waals surface area contributed by atoms with Gasteiger partial charge in [0.15, 0.2) is 4.80 Å². The molecule has 24 heavy (non-hydrogen) atoms. The van der Waals surface area contributed by atoms with Gasteiger partial charge in [0.1, 0.15) is 0 Å². The number of para-hydroxylation sites is 1. The van der Waals surface area contributed by atoms with E-state index in [1.807, 2.05) is 43.7 Å². The van der Waals surface area contributed by atoms with Crippen LogP contribution in [0.3, 0.4) is 0 Å². The number of hydrogen-bond donors (Lipinski definition) is 0. The number of halogens is 1. The third kappa shape index (κ3) is 3.17. The summed E-state index contributed by atoms with van der Waals surface area (Å²) in [6, 6.07) is 9.96. The maximum absolute atomic E-state index is 12.5. The first-order valence-corrected chi connectivity index (χ1v) is 8.94. The van der Waals surface area contributed by atoms with Crippen molar-refractivity contribution in [1.82, 2.24) is 4.57 Å². The molecule has 0 aliphatic carbocycles. The standard InChI is InChI=1S/C19H19ClN2OS/c1-11-8-12(2)14(13(3)9-11)10-17(23)21-19-22(4)18-15(20)6-5-7-16(18)24-19/h5-9H,10H2,1-4H3. The Morgan fingerprint density at radius 2 is 1.88 bits per heavy atom. The Morgan fingerprint density at radius 3 is 2.50 bits per heavy atom. The number of aryl methyl sites for hydroxylation is 4. The second-order valence-corrected chi connectivity index (χ2v) is 7.51. The molecule has 3 aromatic rings. The molecule has 1 amide bonds. The van der Waals surface area contributed by atoms with E-state index in [1.165, 1.54) is 16.9 Å². The molecule has 0 spiro atoms. The maximum Gasteiger partial charge on any atom is 0.252 e. The zero-order chi connectivity index (χ0) is 17.4. The van der Waals surface area contributed by atoms with E-state index in [9.17, 15) is 4.79 Å². The molecule has 0 atom stereocenters. The van der Waals surface area contributed by atoms with Gasteiger partial charge in [-0.25, -0.2) is 0 Å². The third-order valence-electron chi connectivity index (χ3n) is 4.16. The summed E-state index contributed by atoms with van der Waals surface area (Å²) in [5.41, 5.74) is 5.47. The Bertz CT molecular complexity index is 991. The molecule has 124 valence electrons. The van der Waals surface area contributed by atoms with Crippen LogP contribution in [-0.4, -0.2) is 10.5 Å². The van der Waals surface area contributed by atoms with Gasteiger partial charge >= 0.3 is 0 Å². The van der Waals surface area contributed by atoms with Crippen molar-refractivity contribution in [2.75, 3.05) is 0 Å². The molecule has 0 saturated carbocycles. The van der Waals surface area contributed by atoms with Gasteiger partial charge in [0.25, 0.3) is 5.91 Å². The van der Waals surface area contributed by atoms with Crippen molar-refractivity contribution in [3.8, 4) is 0 Å². The van der Waals surface area contributed by atoms with Gasteiger partial charge in [0, 0.05) is 7.05 Å². The van der Waals surface area contributed by atoms with Crippen LogP contribution in [0.5, 0.6) is 0 Å². The molecule has 0 N–H and O–H groups in total. The van der Waals surface area contributed by atoms with E-state index in [1.54, 1.807) is 0 Å². The van der Waals surface area contributed by atoms with Gasteiger partial charge in [-0.05, 0) is 49.6 Å². The summed E-state index contributed by atoms with van der Waals surface area (Å²) in [4.78, 5) is 17.5. The summed E-state index contributed by atoms with van der Waals surface area (Å²) < 4.78 is 2.91. The highest BCUT2D eigenvalue weighted by Gasteiger charge is 2.11. The molecule has 3 rings (SSSR count). The lowest BCUT2D eigenvalue weighted by atomic mass is 9.97. The van der Waals surface area contributed by atoms with Crippen LogP contribution >= 0.6 is 22.9 Å². The average Bonchev–Trinajstić information content (AvgIpc) is 2.80. The summed E-state index contributed by atoms with van der Waals surface area (Å²) in [7, 11) is 1.89. The minimum atomic E-state index is -0.136. The fourth-order valence-corrected chi connectivity index (χ4v) is 4.47. The molecule has 3 nitrogen and oxygen atoms in total. The van der Waals surface area contributed by atoms with Crippen LogP contribution in [0.15, 0.2) is 35.3 Å². The van der Waals surface area contributed by atoms with Gasteiger partial charge in [-0.3, -0.25) is 4.79 Å². The van der Waals surface area contributed by atoms with Gasteiger partial charge in [-0.2, -0.15) is 4.99 Å². The second kappa shape index (κ2) is 6.54. The Morgan fingerprint density at radius 1 is 1.21 bits per heavy atom. The van der Waals surface area contributed by atoms with Gasteiger partial charge in [0.05, 0.1) is 21.7 Å². The second-order valence-electron chi connectivity index (χ2n) is 6.09. The van der Waals surface area contributed by atoms with E-state index in [-0.39, 0.29) is 5.91 Å². The minimum Gasteiger partial charge on any atom is -0.318 e. The molecular formula is C19H19ClN2OS. The third-order valence-corrected chi connectivity index (χ3v) is 5.56. The summed E-state index contributed by atoms with van der Waals surface area (Å²) in [6.45, 7) is 6.15. The van der Waals surface area contributed by atoms with Crippen molar-refractivity contribution in [2.24, 2.45) is 12.0 Å². The smallest absolute Gasteiger partial charge is 0.252 e. The number of thiazole rings is 1. The van der Waals surface area contributed by atoms with Gasteiger partial charge < -0.3 is 4.57 Å². The van der Waals surface area contributed by atoms with Crippen molar-refractivity contribution < 1.29 is 4.79 Å². The first-order valence-electron chi connectivity index (χ1n) is 7.75. The molecule has 0 aliphatic heterocycles. The minimum absolute atomic E-state index is 0.136. The Hall–Kier alpha value is -1.91. The first-order chi connectivity index (χ1) is 11.4. The summed E-state index contributed by atoms with van der Waals surface area (Å²) in [5.74, 6) is -0.136. The topological polar surface area (TPSA) is 34.4 Å². The van der Waals surface area contributed by atoms with Crippen molar-refractivity contribution in [2.45, 2.75) is 27.2 Å². The molecule has 1 aromatic heterocycles. The monoisotopic (exact) mass is 358 g/mol. The molecule has 2 aromatic carbocycles. The molecule has 0 bridgehead atoms. The number of benzene rings is 2. The van der Waals surface area contributed by atoms with Crippen molar-refractivity contribution in [3.05, 3.63) is 62.4 Å². The first kappa shape index (κ1) is 16.9. The fraction of sp³-hybridized carbons (Fsp3) is 0.263. The highest BCUT2D eigenvalue weighted by atomic mass is 35.5. The van der Waals surface area contributed by atoms with Crippen LogP contribution in [0.2, 0.25) is 5.02 Å². The molecule has 0 fully saturated rings. The van der Waals surface area contributed by atoms with Crippen molar-refractivity contribution >= 4 is 39.1 Å². The summed E-state index contributed by atoms with van der Waals surface area (Å²) in [6.07, 6.45) is 0.319. The lowest BCUT2D eigenvalue weighted by molar-refractivity contribution is -0.117. The van der Waals surface area contributed by atoms with E-state index < -0.39 is 0 Å². The van der Waals surface area contributed by atoms with Gasteiger partial charge in [0.2, 0.25) is 0 Å². The number of aromatic nitrogens is 1. The predicted octanol–water partition coefficient (Wildman–Crippen LogP) is 4.49. The number of hydrogen-bond acceptors (Lipinski definition) is 2. The number of rotatable bonds is 2. The molecule has 1 heterocycles. The summed E-state index contributed by atoms with van der Waals surface area (Å²) >= 11 is 7.74. The normalized spacial score (nSPS) is 12.1.